The molecule has 0 saturated carbocycles. The van der Waals surface area contributed by atoms with Crippen molar-refractivity contribution in [3.63, 3.8) is 0 Å². The van der Waals surface area contributed by atoms with Crippen molar-refractivity contribution in [3.8, 4) is 0 Å². The van der Waals surface area contributed by atoms with E-state index in [2.05, 4.69) is 5.32 Å². The van der Waals surface area contributed by atoms with Gasteiger partial charge in [-0.25, -0.2) is 4.79 Å². The zero-order chi connectivity index (χ0) is 13.5. The summed E-state index contributed by atoms with van der Waals surface area (Å²) in [5.41, 5.74) is 7.91. The number of hydrogen-bond donors (Lipinski definition) is 2. The summed E-state index contributed by atoms with van der Waals surface area (Å²) in [6.07, 6.45) is 0. The van der Waals surface area contributed by atoms with Crippen molar-refractivity contribution in [3.05, 3.63) is 35.4 Å². The third-order valence-electron chi connectivity index (χ3n) is 2.78. The standard InChI is InChI=1S/C14H23N3O/c1-4-17(14(18)16-11(2)3)10-13-8-6-5-7-12(13)9-15/h5-8,11H,4,9-10,15H2,1-3H3,(H,16,18). The minimum Gasteiger partial charge on any atom is -0.336 e. The predicted octanol–water partition coefficient (Wildman–Crippen LogP) is 2.09. The maximum atomic E-state index is 12.0. The summed E-state index contributed by atoms with van der Waals surface area (Å²) >= 11 is 0. The van der Waals surface area contributed by atoms with Crippen LogP contribution < -0.4 is 11.1 Å². The van der Waals surface area contributed by atoms with E-state index in [1.54, 1.807) is 4.90 Å². The van der Waals surface area contributed by atoms with Crippen LogP contribution in [0.4, 0.5) is 4.79 Å². The number of carbonyl (C=O) groups excluding carboxylic acids is 1. The minimum absolute atomic E-state index is 0.0284. The SMILES string of the molecule is CCN(Cc1ccccc1CN)C(=O)NC(C)C. The second kappa shape index (κ2) is 7.01. The fourth-order valence-electron chi connectivity index (χ4n) is 1.78. The van der Waals surface area contributed by atoms with Crippen LogP contribution >= 0.6 is 0 Å². The number of nitrogens with two attached hydrogens (primary N) is 1. The Kier molecular flexibility index (Phi) is 5.65. The molecule has 1 aromatic rings. The van der Waals surface area contributed by atoms with Gasteiger partial charge in [0.2, 0.25) is 0 Å². The monoisotopic (exact) mass is 249 g/mol. The third kappa shape index (κ3) is 4.04. The third-order valence-corrected chi connectivity index (χ3v) is 2.78. The lowest BCUT2D eigenvalue weighted by Crippen LogP contribution is -2.42. The van der Waals surface area contributed by atoms with Gasteiger partial charge < -0.3 is 16.0 Å². The maximum Gasteiger partial charge on any atom is 0.317 e. The highest BCUT2D eigenvalue weighted by Crippen LogP contribution is 2.11. The first kappa shape index (κ1) is 14.5. The van der Waals surface area contributed by atoms with Crippen molar-refractivity contribution in [2.24, 2.45) is 5.73 Å². The van der Waals surface area contributed by atoms with E-state index in [4.69, 9.17) is 5.73 Å². The van der Waals surface area contributed by atoms with Gasteiger partial charge in [-0.2, -0.15) is 0 Å². The second-order valence-electron chi connectivity index (χ2n) is 4.59. The highest BCUT2D eigenvalue weighted by atomic mass is 16.2. The second-order valence-corrected chi connectivity index (χ2v) is 4.59. The molecule has 0 unspecified atom stereocenters. The summed E-state index contributed by atoms with van der Waals surface area (Å²) < 4.78 is 0. The summed E-state index contributed by atoms with van der Waals surface area (Å²) in [7, 11) is 0. The van der Waals surface area contributed by atoms with Crippen LogP contribution in [0.2, 0.25) is 0 Å². The van der Waals surface area contributed by atoms with Gasteiger partial charge in [0.1, 0.15) is 0 Å². The van der Waals surface area contributed by atoms with E-state index in [1.165, 1.54) is 0 Å². The first-order valence-corrected chi connectivity index (χ1v) is 6.40. The van der Waals surface area contributed by atoms with Crippen LogP contribution in [0.25, 0.3) is 0 Å². The molecule has 4 heteroatoms. The molecule has 0 radical (unpaired) electrons. The Labute approximate surface area is 109 Å². The number of rotatable bonds is 5. The summed E-state index contributed by atoms with van der Waals surface area (Å²) in [5.74, 6) is 0. The molecule has 18 heavy (non-hydrogen) atoms. The lowest BCUT2D eigenvalue weighted by atomic mass is 10.1. The first-order chi connectivity index (χ1) is 8.58. The van der Waals surface area contributed by atoms with E-state index < -0.39 is 0 Å². The normalized spacial score (nSPS) is 10.5. The molecule has 100 valence electrons. The van der Waals surface area contributed by atoms with Crippen LogP contribution in [0.5, 0.6) is 0 Å². The minimum atomic E-state index is -0.0284. The van der Waals surface area contributed by atoms with Crippen LogP contribution in [-0.2, 0) is 13.1 Å². The van der Waals surface area contributed by atoms with Crippen LogP contribution in [-0.4, -0.2) is 23.5 Å². The molecule has 1 aromatic carbocycles. The molecule has 0 bridgehead atoms. The van der Waals surface area contributed by atoms with Crippen molar-refractivity contribution < 1.29 is 4.79 Å². The zero-order valence-electron chi connectivity index (χ0n) is 11.4. The van der Waals surface area contributed by atoms with Gasteiger partial charge in [-0.15, -0.1) is 0 Å². The van der Waals surface area contributed by atoms with Crippen molar-refractivity contribution in [2.75, 3.05) is 6.54 Å². The molecule has 0 aliphatic heterocycles. The Bertz CT molecular complexity index is 390. The van der Waals surface area contributed by atoms with Crippen LogP contribution in [0.3, 0.4) is 0 Å². The number of nitrogens with zero attached hydrogens (tertiary/aromatic N) is 1. The Morgan fingerprint density at radius 1 is 1.33 bits per heavy atom. The largest absolute Gasteiger partial charge is 0.336 e. The lowest BCUT2D eigenvalue weighted by Gasteiger charge is -2.24. The molecule has 0 spiro atoms. The number of nitrogens with one attached hydrogen (secondary N) is 1. The molecular formula is C14H23N3O. The molecule has 0 atom stereocenters. The van der Waals surface area contributed by atoms with Gasteiger partial charge in [-0.3, -0.25) is 0 Å². The molecular weight excluding hydrogens is 226 g/mol. The fourth-order valence-corrected chi connectivity index (χ4v) is 1.78. The van der Waals surface area contributed by atoms with Crippen LogP contribution in [0.15, 0.2) is 24.3 Å². The van der Waals surface area contributed by atoms with Crippen LogP contribution in [0, 0.1) is 0 Å². The summed E-state index contributed by atoms with van der Waals surface area (Å²) in [6.45, 7) is 7.67. The number of benzene rings is 1. The summed E-state index contributed by atoms with van der Waals surface area (Å²) in [4.78, 5) is 13.8. The topological polar surface area (TPSA) is 58.4 Å². The van der Waals surface area contributed by atoms with E-state index in [0.29, 0.717) is 19.6 Å². The van der Waals surface area contributed by atoms with Gasteiger partial charge in [-0.1, -0.05) is 24.3 Å². The van der Waals surface area contributed by atoms with Gasteiger partial charge in [0.05, 0.1) is 0 Å². The average Bonchev–Trinajstić information content (AvgIpc) is 2.35. The summed E-state index contributed by atoms with van der Waals surface area (Å²) in [5, 5.41) is 2.91. The first-order valence-electron chi connectivity index (χ1n) is 6.40. The van der Waals surface area contributed by atoms with Gasteiger partial charge in [0, 0.05) is 25.7 Å². The van der Waals surface area contributed by atoms with Crippen molar-refractivity contribution in [1.29, 1.82) is 0 Å². The highest BCUT2D eigenvalue weighted by Gasteiger charge is 2.13. The molecule has 3 N–H and O–H groups in total. The molecule has 0 saturated heterocycles. The zero-order valence-corrected chi connectivity index (χ0v) is 11.4. The van der Waals surface area contributed by atoms with E-state index in [9.17, 15) is 4.79 Å². The molecule has 0 aromatic heterocycles. The molecule has 2 amide bonds. The smallest absolute Gasteiger partial charge is 0.317 e. The number of amides is 2. The number of hydrogen-bond acceptors (Lipinski definition) is 2. The quantitative estimate of drug-likeness (QED) is 0.839. The average molecular weight is 249 g/mol. The predicted molar refractivity (Wildman–Crippen MR) is 74.1 cm³/mol. The Morgan fingerprint density at radius 3 is 2.44 bits per heavy atom. The Morgan fingerprint density at radius 2 is 1.94 bits per heavy atom. The van der Waals surface area contributed by atoms with E-state index in [-0.39, 0.29) is 12.1 Å². The molecule has 0 aliphatic rings. The van der Waals surface area contributed by atoms with Gasteiger partial charge in [-0.05, 0) is 31.9 Å². The molecule has 0 fully saturated rings. The van der Waals surface area contributed by atoms with Crippen molar-refractivity contribution in [2.45, 2.75) is 39.9 Å². The highest BCUT2D eigenvalue weighted by molar-refractivity contribution is 5.74. The van der Waals surface area contributed by atoms with E-state index >= 15 is 0 Å². The molecule has 0 heterocycles. The summed E-state index contributed by atoms with van der Waals surface area (Å²) in [6, 6.07) is 8.09. The van der Waals surface area contributed by atoms with Gasteiger partial charge in [0.25, 0.3) is 0 Å². The Hall–Kier alpha value is -1.55. The maximum absolute atomic E-state index is 12.0. The Balaban J connectivity index is 2.76. The van der Waals surface area contributed by atoms with Crippen molar-refractivity contribution >= 4 is 6.03 Å². The van der Waals surface area contributed by atoms with Gasteiger partial charge in [0.15, 0.2) is 0 Å². The number of carbonyl (C=O) groups is 1. The number of urea groups is 1. The van der Waals surface area contributed by atoms with Crippen molar-refractivity contribution in [1.82, 2.24) is 10.2 Å². The van der Waals surface area contributed by atoms with E-state index in [1.807, 2.05) is 45.0 Å². The molecule has 1 rings (SSSR count). The fraction of sp³-hybridized carbons (Fsp3) is 0.500. The van der Waals surface area contributed by atoms with Crippen LogP contribution in [0.1, 0.15) is 31.9 Å². The lowest BCUT2D eigenvalue weighted by molar-refractivity contribution is 0.195. The van der Waals surface area contributed by atoms with E-state index in [0.717, 1.165) is 11.1 Å². The molecule has 0 aliphatic carbocycles. The molecule has 4 nitrogen and oxygen atoms in total. The van der Waals surface area contributed by atoms with Gasteiger partial charge >= 0.3 is 6.03 Å².